The number of benzene rings is 2. The Hall–Kier alpha value is -2.68. The van der Waals surface area contributed by atoms with Gasteiger partial charge >= 0.3 is 0 Å². The molecule has 0 radical (unpaired) electrons. The molecule has 0 N–H and O–H groups in total. The normalized spacial score (nSPS) is 18.2. The summed E-state index contributed by atoms with van der Waals surface area (Å²) >= 11 is 0. The molecule has 25 heavy (non-hydrogen) atoms. The topological polar surface area (TPSA) is 33.2 Å². The van der Waals surface area contributed by atoms with Gasteiger partial charge in [0.15, 0.2) is 0 Å². The fourth-order valence-corrected chi connectivity index (χ4v) is 3.63. The van der Waals surface area contributed by atoms with Crippen LogP contribution in [0, 0.1) is 5.41 Å². The highest BCUT2D eigenvalue weighted by Crippen LogP contribution is 2.52. The van der Waals surface area contributed by atoms with Crippen LogP contribution in [-0.2, 0) is 10.2 Å². The molecule has 0 saturated heterocycles. The molecule has 3 heteroatoms. The lowest BCUT2D eigenvalue weighted by molar-refractivity contribution is -0.129. The largest absolute Gasteiger partial charge is 0.279 e. The molecule has 2 aromatic carbocycles. The second-order valence-electron chi connectivity index (χ2n) is 7.79. The Labute approximate surface area is 148 Å². The van der Waals surface area contributed by atoms with Crippen LogP contribution in [0.2, 0.25) is 0 Å². The van der Waals surface area contributed by atoms with Crippen molar-refractivity contribution in [1.29, 1.82) is 0 Å². The molecule has 1 aromatic heterocycles. The number of para-hydroxylation sites is 2. The van der Waals surface area contributed by atoms with Crippen LogP contribution < -0.4 is 4.90 Å². The second kappa shape index (κ2) is 5.16. The van der Waals surface area contributed by atoms with Gasteiger partial charge in [0, 0.05) is 10.8 Å². The third-order valence-corrected chi connectivity index (χ3v) is 5.95. The van der Waals surface area contributed by atoms with Crippen LogP contribution in [0.1, 0.15) is 33.3 Å². The highest BCUT2D eigenvalue weighted by Gasteiger charge is 2.52. The lowest BCUT2D eigenvalue weighted by Gasteiger charge is -2.49. The van der Waals surface area contributed by atoms with Gasteiger partial charge in [-0.05, 0) is 23.8 Å². The van der Waals surface area contributed by atoms with Crippen LogP contribution in [0.15, 0.2) is 60.8 Å². The van der Waals surface area contributed by atoms with Gasteiger partial charge in [0.2, 0.25) is 5.91 Å². The molecule has 0 fully saturated rings. The van der Waals surface area contributed by atoms with Crippen molar-refractivity contribution in [2.45, 2.75) is 33.1 Å². The zero-order valence-corrected chi connectivity index (χ0v) is 15.1. The summed E-state index contributed by atoms with van der Waals surface area (Å²) in [6.45, 7) is 8.37. The summed E-state index contributed by atoms with van der Waals surface area (Å²) in [7, 11) is 0. The first-order valence-corrected chi connectivity index (χ1v) is 8.63. The third-order valence-electron chi connectivity index (χ3n) is 5.95. The summed E-state index contributed by atoms with van der Waals surface area (Å²) in [5.41, 5.74) is 3.12. The summed E-state index contributed by atoms with van der Waals surface area (Å²) in [4.78, 5) is 19.8. The molecule has 1 aliphatic rings. The number of aromatic nitrogens is 1. The average Bonchev–Trinajstić information content (AvgIpc) is 2.61. The smallest absolute Gasteiger partial charge is 0.238 e. The summed E-state index contributed by atoms with van der Waals surface area (Å²) in [5, 5.41) is 1.04. The van der Waals surface area contributed by atoms with Crippen molar-refractivity contribution in [2.24, 2.45) is 5.41 Å². The molecule has 3 aromatic rings. The first-order chi connectivity index (χ1) is 11.8. The molecule has 0 spiro atoms. The van der Waals surface area contributed by atoms with Crippen LogP contribution in [0.25, 0.3) is 10.9 Å². The van der Waals surface area contributed by atoms with E-state index in [0.717, 1.165) is 22.3 Å². The SMILES string of the molecule is CC1(C)C(=O)N(c2cnc3ccccc3c2)c2ccccc2C1(C)C. The van der Waals surface area contributed by atoms with Gasteiger partial charge in [-0.15, -0.1) is 0 Å². The third kappa shape index (κ3) is 2.12. The van der Waals surface area contributed by atoms with Crippen LogP contribution >= 0.6 is 0 Å². The minimum atomic E-state index is -0.521. The molecule has 3 nitrogen and oxygen atoms in total. The average molecular weight is 330 g/mol. The molecule has 2 heterocycles. The minimum Gasteiger partial charge on any atom is -0.279 e. The molecular formula is C22H22N2O. The predicted molar refractivity (Wildman–Crippen MR) is 102 cm³/mol. The van der Waals surface area contributed by atoms with Crippen molar-refractivity contribution < 1.29 is 4.79 Å². The molecule has 126 valence electrons. The van der Waals surface area contributed by atoms with E-state index in [0.29, 0.717) is 0 Å². The van der Waals surface area contributed by atoms with Crippen molar-refractivity contribution in [2.75, 3.05) is 4.90 Å². The van der Waals surface area contributed by atoms with Crippen molar-refractivity contribution in [3.8, 4) is 0 Å². The summed E-state index contributed by atoms with van der Waals surface area (Å²) in [5.74, 6) is 0.105. The van der Waals surface area contributed by atoms with Crippen molar-refractivity contribution in [1.82, 2.24) is 4.98 Å². The van der Waals surface area contributed by atoms with Gasteiger partial charge in [-0.2, -0.15) is 0 Å². The first kappa shape index (κ1) is 15.8. The first-order valence-electron chi connectivity index (χ1n) is 8.63. The number of carbonyl (C=O) groups excluding carboxylic acids is 1. The Balaban J connectivity index is 1.98. The fraction of sp³-hybridized carbons (Fsp3) is 0.273. The molecule has 1 aliphatic heterocycles. The van der Waals surface area contributed by atoms with Crippen molar-refractivity contribution in [3.05, 3.63) is 66.4 Å². The zero-order chi connectivity index (χ0) is 17.8. The van der Waals surface area contributed by atoms with E-state index in [4.69, 9.17) is 0 Å². The van der Waals surface area contributed by atoms with Gasteiger partial charge < -0.3 is 0 Å². The highest BCUT2D eigenvalue weighted by atomic mass is 16.2. The Morgan fingerprint density at radius 3 is 2.36 bits per heavy atom. The lowest BCUT2D eigenvalue weighted by Crippen LogP contribution is -2.53. The number of pyridine rings is 1. The molecule has 4 rings (SSSR count). The Morgan fingerprint density at radius 2 is 1.56 bits per heavy atom. The van der Waals surface area contributed by atoms with Crippen molar-refractivity contribution in [3.63, 3.8) is 0 Å². The predicted octanol–water partition coefficient (Wildman–Crippen LogP) is 5.22. The maximum Gasteiger partial charge on any atom is 0.238 e. The molecule has 0 atom stereocenters. The number of carbonyl (C=O) groups is 1. The van der Waals surface area contributed by atoms with Gasteiger partial charge in [0.1, 0.15) is 0 Å². The molecule has 0 bridgehead atoms. The molecule has 0 unspecified atom stereocenters. The van der Waals surface area contributed by atoms with Crippen LogP contribution in [0.3, 0.4) is 0 Å². The quantitative estimate of drug-likeness (QED) is 0.613. The van der Waals surface area contributed by atoms with E-state index in [1.165, 1.54) is 5.56 Å². The number of amides is 1. The molecule has 0 aliphatic carbocycles. The van der Waals surface area contributed by atoms with Gasteiger partial charge in [-0.25, -0.2) is 0 Å². The standard InChI is InChI=1S/C22H22N2O/c1-21(2)17-10-6-8-12-19(17)24(20(25)22(21,3)4)16-13-15-9-5-7-11-18(15)23-14-16/h5-14H,1-4H3. The van der Waals surface area contributed by atoms with Crippen LogP contribution in [0.4, 0.5) is 11.4 Å². The van der Waals surface area contributed by atoms with Gasteiger partial charge in [0.25, 0.3) is 0 Å². The number of hydrogen-bond acceptors (Lipinski definition) is 2. The lowest BCUT2D eigenvalue weighted by atomic mass is 9.61. The number of hydrogen-bond donors (Lipinski definition) is 0. The minimum absolute atomic E-state index is 0.105. The Bertz CT molecular complexity index is 988. The Morgan fingerprint density at radius 1 is 0.880 bits per heavy atom. The molecule has 1 amide bonds. The zero-order valence-electron chi connectivity index (χ0n) is 15.1. The van der Waals surface area contributed by atoms with Crippen LogP contribution in [-0.4, -0.2) is 10.9 Å². The van der Waals surface area contributed by atoms with Gasteiger partial charge in [-0.3, -0.25) is 14.7 Å². The van der Waals surface area contributed by atoms with E-state index in [9.17, 15) is 4.79 Å². The van der Waals surface area contributed by atoms with Crippen LogP contribution in [0.5, 0.6) is 0 Å². The van der Waals surface area contributed by atoms with E-state index in [-0.39, 0.29) is 11.3 Å². The van der Waals surface area contributed by atoms with Gasteiger partial charge in [-0.1, -0.05) is 64.1 Å². The van der Waals surface area contributed by atoms with E-state index >= 15 is 0 Å². The summed E-state index contributed by atoms with van der Waals surface area (Å²) in [6, 6.07) is 18.2. The van der Waals surface area contributed by atoms with E-state index in [1.807, 2.05) is 67.3 Å². The number of fused-ring (bicyclic) bond motifs is 2. The summed E-state index contributed by atoms with van der Waals surface area (Å²) in [6.07, 6.45) is 1.80. The number of rotatable bonds is 1. The number of anilines is 2. The summed E-state index contributed by atoms with van der Waals surface area (Å²) < 4.78 is 0. The Kier molecular flexibility index (Phi) is 3.26. The van der Waals surface area contributed by atoms with Crippen molar-refractivity contribution >= 4 is 28.2 Å². The molecular weight excluding hydrogens is 308 g/mol. The monoisotopic (exact) mass is 330 g/mol. The number of nitrogens with zero attached hydrogens (tertiary/aromatic N) is 2. The second-order valence-corrected chi connectivity index (χ2v) is 7.79. The van der Waals surface area contributed by atoms with E-state index < -0.39 is 5.41 Å². The maximum atomic E-state index is 13.5. The highest BCUT2D eigenvalue weighted by molar-refractivity contribution is 6.08. The molecule has 0 saturated carbocycles. The fourth-order valence-electron chi connectivity index (χ4n) is 3.63. The maximum absolute atomic E-state index is 13.5. The van der Waals surface area contributed by atoms with Gasteiger partial charge in [0.05, 0.1) is 28.5 Å². The van der Waals surface area contributed by atoms with E-state index in [1.54, 1.807) is 6.20 Å². The van der Waals surface area contributed by atoms with E-state index in [2.05, 4.69) is 24.9 Å².